The number of carbonyl (C=O) groups is 1. The third-order valence-corrected chi connectivity index (χ3v) is 5.21. The van der Waals surface area contributed by atoms with Crippen molar-refractivity contribution >= 4 is 38.9 Å². The molecule has 9 heteroatoms. The van der Waals surface area contributed by atoms with E-state index in [1.807, 2.05) is 9.95 Å². The number of non-ortho nitro benzene ring substituents is 1. The van der Waals surface area contributed by atoms with Gasteiger partial charge < -0.3 is 4.57 Å². The lowest BCUT2D eigenvalue weighted by Gasteiger charge is -2.06. The fourth-order valence-electron chi connectivity index (χ4n) is 2.50. The van der Waals surface area contributed by atoms with E-state index in [4.69, 9.17) is 0 Å². The maximum Gasteiger partial charge on any atom is 0.271 e. The highest BCUT2D eigenvalue weighted by Crippen LogP contribution is 2.24. The first-order valence-corrected chi connectivity index (χ1v) is 9.80. The maximum absolute atomic E-state index is 12.3. The highest BCUT2D eigenvalue weighted by atomic mass is 79.9. The summed E-state index contributed by atoms with van der Waals surface area (Å²) in [5.41, 5.74) is 4.48. The first-order chi connectivity index (χ1) is 13.5. The average molecular weight is 459 g/mol. The number of hydrogen-bond donors (Lipinski definition) is 1. The Kier molecular flexibility index (Phi) is 6.17. The number of nitrogens with zero attached hydrogens (tertiary/aromatic N) is 3. The molecule has 1 amide bonds. The molecule has 1 heterocycles. The average Bonchev–Trinajstić information content (AvgIpc) is 3.09. The van der Waals surface area contributed by atoms with Gasteiger partial charge in [0.15, 0.2) is 0 Å². The topological polar surface area (TPSA) is 89.5 Å². The molecule has 0 bridgehead atoms. The minimum absolute atomic E-state index is 0.0101. The van der Waals surface area contributed by atoms with Crippen molar-refractivity contribution in [3.63, 3.8) is 0 Å². The van der Waals surface area contributed by atoms with Crippen LogP contribution >= 0.6 is 27.3 Å². The molecule has 0 aliphatic carbocycles. The van der Waals surface area contributed by atoms with Crippen LogP contribution in [0.1, 0.15) is 10.4 Å². The molecule has 7 nitrogen and oxygen atoms in total. The molecule has 0 radical (unpaired) electrons. The Morgan fingerprint density at radius 2 is 2.07 bits per heavy atom. The van der Waals surface area contributed by atoms with Gasteiger partial charge in [-0.2, -0.15) is 0 Å². The zero-order valence-electron chi connectivity index (χ0n) is 14.5. The molecule has 0 aliphatic heterocycles. The van der Waals surface area contributed by atoms with Crippen molar-refractivity contribution in [3.8, 4) is 11.3 Å². The van der Waals surface area contributed by atoms with Crippen molar-refractivity contribution < 1.29 is 9.72 Å². The van der Waals surface area contributed by atoms with Gasteiger partial charge in [0.25, 0.3) is 11.6 Å². The van der Waals surface area contributed by atoms with Gasteiger partial charge >= 0.3 is 0 Å². The van der Waals surface area contributed by atoms with Crippen molar-refractivity contribution in [2.24, 2.45) is 5.10 Å². The number of aromatic nitrogens is 1. The van der Waals surface area contributed by atoms with Gasteiger partial charge in [0, 0.05) is 39.7 Å². The molecular formula is C19H15BrN4O3S. The van der Waals surface area contributed by atoms with Crippen LogP contribution in [0.25, 0.3) is 11.3 Å². The molecule has 0 unspecified atom stereocenters. The molecule has 3 rings (SSSR count). The first kappa shape index (κ1) is 19.7. The van der Waals surface area contributed by atoms with E-state index in [2.05, 4.69) is 33.0 Å². The summed E-state index contributed by atoms with van der Waals surface area (Å²) < 4.78 is 2.71. The Hall–Kier alpha value is -3.04. The lowest BCUT2D eigenvalue weighted by atomic mass is 10.1. The van der Waals surface area contributed by atoms with E-state index in [1.165, 1.54) is 23.5 Å². The van der Waals surface area contributed by atoms with Crippen LogP contribution in [0.2, 0.25) is 0 Å². The molecule has 2 aromatic carbocycles. The molecule has 0 saturated carbocycles. The Labute approximate surface area is 172 Å². The van der Waals surface area contributed by atoms with Gasteiger partial charge in [-0.25, -0.2) is 5.43 Å². The molecule has 28 heavy (non-hydrogen) atoms. The molecule has 0 atom stereocenters. The van der Waals surface area contributed by atoms with E-state index < -0.39 is 4.92 Å². The lowest BCUT2D eigenvalue weighted by molar-refractivity contribution is -0.384. The van der Waals surface area contributed by atoms with Gasteiger partial charge in [0.2, 0.25) is 4.80 Å². The summed E-state index contributed by atoms with van der Waals surface area (Å²) in [4.78, 5) is 23.4. The molecule has 3 aromatic rings. The number of amides is 1. The summed E-state index contributed by atoms with van der Waals surface area (Å²) in [6.45, 7) is 4.19. The van der Waals surface area contributed by atoms with Crippen molar-refractivity contribution in [3.05, 3.63) is 91.5 Å². The molecule has 0 saturated heterocycles. The minimum Gasteiger partial charge on any atom is -0.311 e. The summed E-state index contributed by atoms with van der Waals surface area (Å²) in [7, 11) is 0. The second kappa shape index (κ2) is 8.77. The van der Waals surface area contributed by atoms with Crippen molar-refractivity contribution in [2.75, 3.05) is 0 Å². The fraction of sp³-hybridized carbons (Fsp3) is 0.0526. The summed E-state index contributed by atoms with van der Waals surface area (Å²) in [6.07, 6.45) is 1.70. The highest BCUT2D eigenvalue weighted by Gasteiger charge is 2.12. The van der Waals surface area contributed by atoms with Gasteiger partial charge in [-0.3, -0.25) is 14.9 Å². The van der Waals surface area contributed by atoms with Gasteiger partial charge in [-0.15, -0.1) is 23.0 Å². The van der Waals surface area contributed by atoms with E-state index in [-0.39, 0.29) is 11.6 Å². The predicted molar refractivity (Wildman–Crippen MR) is 112 cm³/mol. The van der Waals surface area contributed by atoms with Gasteiger partial charge in [-0.05, 0) is 24.3 Å². The van der Waals surface area contributed by atoms with E-state index in [0.717, 1.165) is 10.2 Å². The summed E-state index contributed by atoms with van der Waals surface area (Å²) in [5.74, 6) is -0.331. The third-order valence-electron chi connectivity index (χ3n) is 3.82. The van der Waals surface area contributed by atoms with Crippen LogP contribution in [0.5, 0.6) is 0 Å². The lowest BCUT2D eigenvalue weighted by Crippen LogP contribution is -2.24. The standard InChI is InChI=1S/C19H15BrN4O3S/c1-2-10-23-17(14-4-3-5-16(11-14)24(26)27)12-28-19(23)22-21-18(25)13-6-8-15(20)9-7-13/h2-9,11-12H,1,10H2,(H,21,25)/b22-19-. The molecule has 0 aliphatic rings. The largest absolute Gasteiger partial charge is 0.311 e. The zero-order chi connectivity index (χ0) is 20.1. The second-order valence-corrected chi connectivity index (χ2v) is 7.42. The number of allylic oxidation sites excluding steroid dienone is 1. The quantitative estimate of drug-likeness (QED) is 0.338. The highest BCUT2D eigenvalue weighted by molar-refractivity contribution is 9.10. The summed E-state index contributed by atoms with van der Waals surface area (Å²) in [5, 5.41) is 17.1. The van der Waals surface area contributed by atoms with Crippen LogP contribution in [-0.4, -0.2) is 15.4 Å². The molecule has 1 N–H and O–H groups in total. The Balaban J connectivity index is 1.94. The van der Waals surface area contributed by atoms with Gasteiger partial charge in [0.1, 0.15) is 0 Å². The van der Waals surface area contributed by atoms with Crippen LogP contribution in [0.4, 0.5) is 5.69 Å². The normalized spacial score (nSPS) is 11.2. The molecule has 0 fully saturated rings. The number of carbonyl (C=O) groups excluding carboxylic acids is 1. The second-order valence-electron chi connectivity index (χ2n) is 5.67. The fourth-order valence-corrected chi connectivity index (χ4v) is 3.64. The number of thiazole rings is 1. The third kappa shape index (κ3) is 4.44. The van der Waals surface area contributed by atoms with E-state index in [9.17, 15) is 14.9 Å². The maximum atomic E-state index is 12.3. The monoisotopic (exact) mass is 458 g/mol. The Morgan fingerprint density at radius 1 is 1.32 bits per heavy atom. The van der Waals surface area contributed by atoms with Crippen LogP contribution in [0.3, 0.4) is 0 Å². The minimum atomic E-state index is -0.433. The number of nitro benzene ring substituents is 1. The number of hydrogen-bond acceptors (Lipinski definition) is 5. The van der Waals surface area contributed by atoms with E-state index in [0.29, 0.717) is 22.5 Å². The molecule has 142 valence electrons. The smallest absolute Gasteiger partial charge is 0.271 e. The van der Waals surface area contributed by atoms with Crippen molar-refractivity contribution in [1.29, 1.82) is 0 Å². The first-order valence-electron chi connectivity index (χ1n) is 8.13. The SMILES string of the molecule is C=CCn1c(-c2cccc([N+](=O)[O-])c2)cs/c1=N\NC(=O)c1ccc(Br)cc1. The van der Waals surface area contributed by atoms with Crippen molar-refractivity contribution in [1.82, 2.24) is 9.99 Å². The molecule has 1 aromatic heterocycles. The van der Waals surface area contributed by atoms with E-state index >= 15 is 0 Å². The summed E-state index contributed by atoms with van der Waals surface area (Å²) in [6, 6.07) is 13.3. The van der Waals surface area contributed by atoms with Crippen molar-refractivity contribution in [2.45, 2.75) is 6.54 Å². The number of nitro groups is 1. The van der Waals surface area contributed by atoms with Crippen LogP contribution < -0.4 is 10.2 Å². The van der Waals surface area contributed by atoms with Crippen LogP contribution in [0.15, 0.2) is 76.1 Å². The number of rotatable bonds is 6. The summed E-state index contributed by atoms with van der Waals surface area (Å²) >= 11 is 4.65. The predicted octanol–water partition coefficient (Wildman–Crippen LogP) is 4.32. The Bertz CT molecular complexity index is 1100. The van der Waals surface area contributed by atoms with Crippen LogP contribution in [0, 0.1) is 10.1 Å². The van der Waals surface area contributed by atoms with E-state index in [1.54, 1.807) is 42.5 Å². The number of halogens is 1. The molecule has 0 spiro atoms. The number of nitrogens with one attached hydrogen (secondary N) is 1. The van der Waals surface area contributed by atoms with Gasteiger partial charge in [-0.1, -0.05) is 34.1 Å². The number of benzene rings is 2. The Morgan fingerprint density at radius 3 is 2.75 bits per heavy atom. The zero-order valence-corrected chi connectivity index (χ0v) is 16.9. The molecular weight excluding hydrogens is 444 g/mol. The van der Waals surface area contributed by atoms with Gasteiger partial charge in [0.05, 0.1) is 10.6 Å². The van der Waals surface area contributed by atoms with Crippen LogP contribution in [-0.2, 0) is 6.54 Å².